The quantitative estimate of drug-likeness (QED) is 0.739. The standard InChI is InChI=1S/C13H24F3N3O2/c1-12(2,9-17)19-6-4-18(5-7-19)11(20)3-8-21-10-13(14,15)16/h3-10,17H2,1-2H3. The SMILES string of the molecule is CC(C)(CN)N1CCN(C(=O)CCOCC(F)(F)F)CC1. The van der Waals surface area contributed by atoms with Crippen LogP contribution in [0.2, 0.25) is 0 Å². The molecule has 5 nitrogen and oxygen atoms in total. The third kappa shape index (κ3) is 6.19. The second-order valence-electron chi connectivity index (χ2n) is 5.80. The van der Waals surface area contributed by atoms with E-state index in [1.807, 2.05) is 0 Å². The summed E-state index contributed by atoms with van der Waals surface area (Å²) in [7, 11) is 0. The minimum atomic E-state index is -4.34. The van der Waals surface area contributed by atoms with Gasteiger partial charge in [0, 0.05) is 38.3 Å². The first kappa shape index (κ1) is 18.2. The molecule has 0 aromatic rings. The Kier molecular flexibility index (Phi) is 6.42. The van der Waals surface area contributed by atoms with Crippen LogP contribution in [-0.4, -0.2) is 73.4 Å². The van der Waals surface area contributed by atoms with E-state index in [2.05, 4.69) is 23.5 Å². The zero-order valence-corrected chi connectivity index (χ0v) is 12.6. The number of alkyl halides is 3. The van der Waals surface area contributed by atoms with Crippen LogP contribution in [0.3, 0.4) is 0 Å². The molecule has 1 saturated heterocycles. The number of rotatable bonds is 6. The van der Waals surface area contributed by atoms with E-state index in [1.165, 1.54) is 0 Å². The van der Waals surface area contributed by atoms with E-state index in [0.29, 0.717) is 19.6 Å². The predicted molar refractivity (Wildman–Crippen MR) is 72.8 cm³/mol. The fourth-order valence-corrected chi connectivity index (χ4v) is 2.20. The van der Waals surface area contributed by atoms with Crippen molar-refractivity contribution in [1.29, 1.82) is 0 Å². The lowest BCUT2D eigenvalue weighted by Crippen LogP contribution is -2.58. The van der Waals surface area contributed by atoms with E-state index in [1.54, 1.807) is 4.90 Å². The average molecular weight is 311 g/mol. The highest BCUT2D eigenvalue weighted by molar-refractivity contribution is 5.76. The molecule has 1 aliphatic rings. The van der Waals surface area contributed by atoms with E-state index in [4.69, 9.17) is 5.73 Å². The monoisotopic (exact) mass is 311 g/mol. The molecule has 1 fully saturated rings. The van der Waals surface area contributed by atoms with Gasteiger partial charge in [0.25, 0.3) is 0 Å². The van der Waals surface area contributed by atoms with Crippen LogP contribution in [0, 0.1) is 0 Å². The molecule has 8 heteroatoms. The molecule has 1 heterocycles. The highest BCUT2D eigenvalue weighted by Gasteiger charge is 2.30. The molecule has 0 saturated carbocycles. The Balaban J connectivity index is 2.26. The maximum absolute atomic E-state index is 11.9. The summed E-state index contributed by atoms with van der Waals surface area (Å²) < 4.78 is 40.1. The summed E-state index contributed by atoms with van der Waals surface area (Å²) in [5, 5.41) is 0. The van der Waals surface area contributed by atoms with Crippen molar-refractivity contribution in [2.45, 2.75) is 32.0 Å². The van der Waals surface area contributed by atoms with Crippen LogP contribution < -0.4 is 5.73 Å². The minimum Gasteiger partial charge on any atom is -0.372 e. The van der Waals surface area contributed by atoms with Gasteiger partial charge in [-0.1, -0.05) is 0 Å². The Hall–Kier alpha value is -0.860. The summed E-state index contributed by atoms with van der Waals surface area (Å²) in [4.78, 5) is 15.8. The number of hydrogen-bond acceptors (Lipinski definition) is 4. The van der Waals surface area contributed by atoms with Crippen LogP contribution in [0.15, 0.2) is 0 Å². The minimum absolute atomic E-state index is 0.0175. The number of halogens is 3. The number of carbonyl (C=O) groups excluding carboxylic acids is 1. The van der Waals surface area contributed by atoms with Crippen LogP contribution in [0.25, 0.3) is 0 Å². The summed E-state index contributed by atoms with van der Waals surface area (Å²) in [6.45, 7) is 5.71. The molecule has 0 bridgehead atoms. The molecule has 0 aromatic heterocycles. The lowest BCUT2D eigenvalue weighted by Gasteiger charge is -2.43. The van der Waals surface area contributed by atoms with Crippen LogP contribution in [0.1, 0.15) is 20.3 Å². The first-order valence-corrected chi connectivity index (χ1v) is 7.03. The van der Waals surface area contributed by atoms with Gasteiger partial charge in [0.15, 0.2) is 0 Å². The predicted octanol–water partition coefficient (Wildman–Crippen LogP) is 0.837. The number of carbonyl (C=O) groups is 1. The van der Waals surface area contributed by atoms with Gasteiger partial charge in [0.1, 0.15) is 6.61 Å². The van der Waals surface area contributed by atoms with Gasteiger partial charge in [0.05, 0.1) is 13.0 Å². The van der Waals surface area contributed by atoms with E-state index in [9.17, 15) is 18.0 Å². The average Bonchev–Trinajstić information content (AvgIpc) is 2.42. The molecule has 0 unspecified atom stereocenters. The van der Waals surface area contributed by atoms with Gasteiger partial charge in [0.2, 0.25) is 5.91 Å². The highest BCUT2D eigenvalue weighted by Crippen LogP contribution is 2.16. The summed E-state index contributed by atoms with van der Waals surface area (Å²) in [5.74, 6) is -0.164. The first-order valence-electron chi connectivity index (χ1n) is 7.03. The van der Waals surface area contributed by atoms with Crippen LogP contribution in [0.4, 0.5) is 13.2 Å². The molecule has 2 N–H and O–H groups in total. The van der Waals surface area contributed by atoms with Gasteiger partial charge in [-0.2, -0.15) is 13.2 Å². The van der Waals surface area contributed by atoms with Crippen molar-refractivity contribution in [2.24, 2.45) is 5.73 Å². The van der Waals surface area contributed by atoms with Gasteiger partial charge in [-0.15, -0.1) is 0 Å². The van der Waals surface area contributed by atoms with Crippen molar-refractivity contribution < 1.29 is 22.7 Å². The van der Waals surface area contributed by atoms with Crippen molar-refractivity contribution in [3.05, 3.63) is 0 Å². The number of hydrogen-bond donors (Lipinski definition) is 1. The van der Waals surface area contributed by atoms with E-state index >= 15 is 0 Å². The van der Waals surface area contributed by atoms with Crippen molar-refractivity contribution in [2.75, 3.05) is 45.9 Å². The Bertz CT molecular complexity index is 340. The number of amides is 1. The maximum atomic E-state index is 11.9. The largest absolute Gasteiger partial charge is 0.411 e. The summed E-state index contributed by atoms with van der Waals surface area (Å²) in [6, 6.07) is 0. The molecule has 1 amide bonds. The van der Waals surface area contributed by atoms with Crippen LogP contribution >= 0.6 is 0 Å². The molecule has 0 atom stereocenters. The Morgan fingerprint density at radius 1 is 1.19 bits per heavy atom. The maximum Gasteiger partial charge on any atom is 0.411 e. The topological polar surface area (TPSA) is 58.8 Å². The Labute approximate surface area is 123 Å². The molecule has 0 aromatic carbocycles. The third-order valence-electron chi connectivity index (χ3n) is 3.71. The van der Waals surface area contributed by atoms with Gasteiger partial charge in [-0.25, -0.2) is 0 Å². The highest BCUT2D eigenvalue weighted by atomic mass is 19.4. The molecule has 0 radical (unpaired) electrons. The second-order valence-corrected chi connectivity index (χ2v) is 5.80. The van der Waals surface area contributed by atoms with Gasteiger partial charge >= 0.3 is 6.18 Å². The van der Waals surface area contributed by atoms with Crippen LogP contribution in [0.5, 0.6) is 0 Å². The molecular weight excluding hydrogens is 287 g/mol. The molecule has 0 spiro atoms. The molecule has 1 rings (SSSR count). The van der Waals surface area contributed by atoms with Gasteiger partial charge in [-0.05, 0) is 13.8 Å². The summed E-state index contributed by atoms with van der Waals surface area (Å²) in [6.07, 6.45) is -4.36. The fraction of sp³-hybridized carbons (Fsp3) is 0.923. The van der Waals surface area contributed by atoms with Crippen molar-refractivity contribution in [1.82, 2.24) is 9.80 Å². The van der Waals surface area contributed by atoms with Crippen LogP contribution in [-0.2, 0) is 9.53 Å². The van der Waals surface area contributed by atoms with Gasteiger partial charge < -0.3 is 15.4 Å². The number of piperazine rings is 1. The molecule has 124 valence electrons. The number of nitrogens with zero attached hydrogens (tertiary/aromatic N) is 2. The number of ether oxygens (including phenoxy) is 1. The molecule has 0 aliphatic carbocycles. The van der Waals surface area contributed by atoms with E-state index < -0.39 is 12.8 Å². The number of nitrogens with two attached hydrogens (primary N) is 1. The van der Waals surface area contributed by atoms with E-state index in [0.717, 1.165) is 13.1 Å². The Morgan fingerprint density at radius 2 is 1.76 bits per heavy atom. The Morgan fingerprint density at radius 3 is 2.24 bits per heavy atom. The lowest BCUT2D eigenvalue weighted by molar-refractivity contribution is -0.175. The van der Waals surface area contributed by atoms with E-state index in [-0.39, 0.29) is 24.5 Å². The van der Waals surface area contributed by atoms with Crippen molar-refractivity contribution in [3.63, 3.8) is 0 Å². The first-order chi connectivity index (χ1) is 9.65. The summed E-state index contributed by atoms with van der Waals surface area (Å²) in [5.41, 5.74) is 5.61. The zero-order valence-electron chi connectivity index (χ0n) is 12.6. The normalized spacial score (nSPS) is 18.1. The zero-order chi connectivity index (χ0) is 16.1. The lowest BCUT2D eigenvalue weighted by atomic mass is 10.0. The molecular formula is C13H24F3N3O2. The molecule has 21 heavy (non-hydrogen) atoms. The third-order valence-corrected chi connectivity index (χ3v) is 3.71. The fourth-order valence-electron chi connectivity index (χ4n) is 2.20. The second kappa shape index (κ2) is 7.42. The molecule has 1 aliphatic heterocycles. The van der Waals surface area contributed by atoms with Crippen molar-refractivity contribution in [3.8, 4) is 0 Å². The summed E-state index contributed by atoms with van der Waals surface area (Å²) >= 11 is 0. The smallest absolute Gasteiger partial charge is 0.372 e. The van der Waals surface area contributed by atoms with Crippen molar-refractivity contribution >= 4 is 5.91 Å². The van der Waals surface area contributed by atoms with Gasteiger partial charge in [-0.3, -0.25) is 9.69 Å².